The van der Waals surface area contributed by atoms with Crippen molar-refractivity contribution in [1.82, 2.24) is 0 Å². The van der Waals surface area contributed by atoms with Crippen LogP contribution in [0.25, 0.3) is 0 Å². The number of rotatable bonds is 5. The Morgan fingerprint density at radius 2 is 1.14 bits per heavy atom. The fourth-order valence-corrected chi connectivity index (χ4v) is 11.5. The Bertz CT molecular complexity index is 1550. The predicted molar refractivity (Wildman–Crippen MR) is 202 cm³/mol. The molecule has 4 heterocycles. The Balaban J connectivity index is 0.000000209. The van der Waals surface area contributed by atoms with Gasteiger partial charge in [-0.1, -0.05) is 84.6 Å². The van der Waals surface area contributed by atoms with Gasteiger partial charge in [0, 0.05) is 26.2 Å². The second-order valence-corrected chi connectivity index (χ2v) is 17.5. The summed E-state index contributed by atoms with van der Waals surface area (Å²) in [5, 5.41) is 0. The summed E-state index contributed by atoms with van der Waals surface area (Å²) in [6.07, 6.45) is 14.4. The molecule has 4 bridgehead atoms. The van der Waals surface area contributed by atoms with Crippen LogP contribution in [-0.2, 0) is 38.1 Å². The quantitative estimate of drug-likeness (QED) is 0.118. The fraction of sp³-hybridized carbons (Fsp3) is 0.610. The first kappa shape index (κ1) is 39.8. The number of carbonyl (C=O) groups is 4. The van der Waals surface area contributed by atoms with Crippen molar-refractivity contribution in [2.24, 2.45) is 57.2 Å². The molecule has 2 saturated carbocycles. The Hall–Kier alpha value is -2.95. The van der Waals surface area contributed by atoms with Gasteiger partial charge in [-0.25, -0.2) is 0 Å². The van der Waals surface area contributed by atoms with Crippen molar-refractivity contribution in [2.75, 3.05) is 14.2 Å². The third-order valence-corrected chi connectivity index (χ3v) is 14.3. The average Bonchev–Trinajstić information content (AvgIpc) is 3.05. The van der Waals surface area contributed by atoms with E-state index < -0.39 is 33.9 Å². The van der Waals surface area contributed by atoms with Crippen molar-refractivity contribution in [3.63, 3.8) is 0 Å². The molecule has 0 N–H and O–H groups in total. The van der Waals surface area contributed by atoms with Gasteiger partial charge >= 0.3 is 23.9 Å². The van der Waals surface area contributed by atoms with E-state index in [-0.39, 0.29) is 58.4 Å². The van der Waals surface area contributed by atoms with E-state index in [0.29, 0.717) is 0 Å². The van der Waals surface area contributed by atoms with Gasteiger partial charge in [0.2, 0.25) is 0 Å². The Kier molecular flexibility index (Phi) is 10.8. The first-order chi connectivity index (χ1) is 23.2. The molecule has 0 radical (unpaired) electrons. The number of hydrogen-bond acceptors (Lipinski definition) is 8. The Morgan fingerprint density at radius 3 is 1.54 bits per heavy atom. The minimum absolute atomic E-state index is 0.0443. The lowest BCUT2D eigenvalue weighted by molar-refractivity contribution is -0.234. The normalized spacial score (nSPS) is 40.8. The molecular formula is C41H55IO8. The summed E-state index contributed by atoms with van der Waals surface area (Å²) in [6.45, 7) is 29.5. The van der Waals surface area contributed by atoms with Gasteiger partial charge in [-0.2, -0.15) is 0 Å². The van der Waals surface area contributed by atoms with Crippen LogP contribution in [0.1, 0.15) is 74.1 Å². The fourth-order valence-electron chi connectivity index (χ4n) is 10.3. The summed E-state index contributed by atoms with van der Waals surface area (Å²) in [6, 6.07) is 0. The van der Waals surface area contributed by atoms with E-state index in [1.165, 1.54) is 14.2 Å². The highest BCUT2D eigenvalue weighted by Crippen LogP contribution is 2.68. The lowest BCUT2D eigenvalue weighted by Crippen LogP contribution is -2.70. The highest BCUT2D eigenvalue weighted by Gasteiger charge is 2.73. The second-order valence-electron chi connectivity index (χ2n) is 16.3. The van der Waals surface area contributed by atoms with Crippen LogP contribution in [0.3, 0.4) is 0 Å². The highest BCUT2D eigenvalue weighted by atomic mass is 127. The smallest absolute Gasteiger partial charge is 0.314 e. The molecule has 4 aliphatic heterocycles. The van der Waals surface area contributed by atoms with Crippen LogP contribution in [0, 0.1) is 57.2 Å². The largest absolute Gasteiger partial charge is 0.469 e. The van der Waals surface area contributed by atoms with Gasteiger partial charge in [0.05, 0.1) is 26.1 Å². The third kappa shape index (κ3) is 5.42. The van der Waals surface area contributed by atoms with E-state index in [9.17, 15) is 19.2 Å². The average molecular weight is 803 g/mol. The first-order valence-electron chi connectivity index (χ1n) is 17.4. The number of halogens is 1. The zero-order valence-corrected chi connectivity index (χ0v) is 33.4. The van der Waals surface area contributed by atoms with Crippen molar-refractivity contribution in [3.05, 3.63) is 71.9 Å². The predicted octanol–water partition coefficient (Wildman–Crippen LogP) is 8.28. The Labute approximate surface area is 312 Å². The number of esters is 4. The molecule has 274 valence electrons. The number of allylic oxidation sites excluding steroid dienone is 3. The van der Waals surface area contributed by atoms with E-state index in [4.69, 9.17) is 18.9 Å². The monoisotopic (exact) mass is 802 g/mol. The molecule has 0 aromatic rings. The zero-order valence-electron chi connectivity index (χ0n) is 31.2. The summed E-state index contributed by atoms with van der Waals surface area (Å²) in [4.78, 5) is 50.8. The molecule has 50 heavy (non-hydrogen) atoms. The van der Waals surface area contributed by atoms with Gasteiger partial charge in [0.15, 0.2) is 11.2 Å². The number of hydrogen-bond donors (Lipinski definition) is 0. The van der Waals surface area contributed by atoms with Gasteiger partial charge < -0.3 is 18.9 Å². The lowest BCUT2D eigenvalue weighted by atomic mass is 9.44. The molecule has 0 aromatic carbocycles. The van der Waals surface area contributed by atoms with E-state index >= 15 is 0 Å². The maximum atomic E-state index is 12.8. The summed E-state index contributed by atoms with van der Waals surface area (Å²) >= 11 is 2.24. The van der Waals surface area contributed by atoms with Crippen LogP contribution in [0.15, 0.2) is 71.9 Å². The zero-order chi connectivity index (χ0) is 37.8. The van der Waals surface area contributed by atoms with Gasteiger partial charge in [0.1, 0.15) is 11.8 Å². The maximum Gasteiger partial charge on any atom is 0.314 e. The van der Waals surface area contributed by atoms with E-state index in [1.54, 1.807) is 12.2 Å². The number of ether oxygens (including phenoxy) is 4. The molecule has 10 atom stereocenters. The van der Waals surface area contributed by atoms with Gasteiger partial charge in [0.25, 0.3) is 0 Å². The second kappa shape index (κ2) is 13.6. The van der Waals surface area contributed by atoms with Crippen molar-refractivity contribution in [2.45, 2.75) is 85.4 Å². The molecule has 4 aliphatic carbocycles. The van der Waals surface area contributed by atoms with Crippen molar-refractivity contribution in [3.8, 4) is 0 Å². The molecular weight excluding hydrogens is 747 g/mol. The molecule has 9 heteroatoms. The van der Waals surface area contributed by atoms with E-state index in [2.05, 4.69) is 76.6 Å². The van der Waals surface area contributed by atoms with E-state index in [1.807, 2.05) is 45.1 Å². The van der Waals surface area contributed by atoms with Crippen LogP contribution in [0.4, 0.5) is 0 Å². The molecule has 4 unspecified atom stereocenters. The SMILES string of the molecule is C=CC.C=CC1(C)CC[C@H]2C(C)(C)C3C=C(I)[C@]2(OC3=O)[C@H]1C(=O)OC.C=CC1=CC2C(=O)O[C@]13[C@@H](C(=O)OC)C(C)(C=C)CC[C@H]3C2(C)C. The van der Waals surface area contributed by atoms with Crippen molar-refractivity contribution in [1.29, 1.82) is 0 Å². The number of fused-ring (bicyclic) bond motifs is 2. The van der Waals surface area contributed by atoms with E-state index in [0.717, 1.165) is 34.8 Å². The minimum Gasteiger partial charge on any atom is -0.469 e. The number of methoxy groups -OCH3 is 2. The molecule has 8 aliphatic rings. The molecule has 8 nitrogen and oxygen atoms in total. The van der Waals surface area contributed by atoms with Gasteiger partial charge in [-0.05, 0) is 71.6 Å². The van der Waals surface area contributed by atoms with Gasteiger partial charge in [-0.3, -0.25) is 19.2 Å². The molecule has 2 spiro atoms. The summed E-state index contributed by atoms with van der Waals surface area (Å²) < 4.78 is 23.2. The Morgan fingerprint density at radius 1 is 0.760 bits per heavy atom. The van der Waals surface area contributed by atoms with Gasteiger partial charge in [-0.15, -0.1) is 19.7 Å². The summed E-state index contributed by atoms with van der Waals surface area (Å²) in [5.41, 5.74) is -2.61. The van der Waals surface area contributed by atoms with Crippen molar-refractivity contribution >= 4 is 46.5 Å². The summed E-state index contributed by atoms with van der Waals surface area (Å²) in [7, 11) is 2.77. The molecule has 8 rings (SSSR count). The molecule has 0 aromatic heterocycles. The van der Waals surface area contributed by atoms with Crippen LogP contribution >= 0.6 is 22.6 Å². The molecule has 4 fully saturated rings. The van der Waals surface area contributed by atoms with Crippen LogP contribution in [0.2, 0.25) is 0 Å². The first-order valence-corrected chi connectivity index (χ1v) is 18.5. The van der Waals surface area contributed by atoms with Crippen LogP contribution < -0.4 is 0 Å². The van der Waals surface area contributed by atoms with Crippen molar-refractivity contribution < 1.29 is 38.1 Å². The minimum atomic E-state index is -1.02. The molecule has 2 saturated heterocycles. The van der Waals surface area contributed by atoms with Crippen LogP contribution in [0.5, 0.6) is 0 Å². The standard InChI is InChI=1S/C20H26O4.C18H23IO4.C3H6/c1-7-12-11-13-16(21)24-20(12)14(18(13,3)4)9-10-19(5,8-2)15(20)17(22)23-6;1-6-17(4)8-7-11-16(2,3)10-9-12(19)18(11,23-14(10)20)13(17)15(21)22-5;1-3-2/h7-8,11,13-15H,1-2,9-10H2,3-6H3;6,9-11,13H,1,7-8H2,2-5H3;3H,1H2,2H3/t13?,14-,15-,19?,20+;10?,11-,13-,17?,18-;/m00./s1. The summed E-state index contributed by atoms with van der Waals surface area (Å²) in [5.74, 6) is -2.77. The lowest BCUT2D eigenvalue weighted by Gasteiger charge is -2.64. The number of carbonyl (C=O) groups excluding carboxylic acids is 4. The third-order valence-electron chi connectivity index (χ3n) is 13.1. The highest BCUT2D eigenvalue weighted by molar-refractivity contribution is 14.1. The maximum absolute atomic E-state index is 12.8. The van der Waals surface area contributed by atoms with Crippen LogP contribution in [-0.4, -0.2) is 49.3 Å². The molecule has 0 amide bonds. The topological polar surface area (TPSA) is 105 Å².